The van der Waals surface area contributed by atoms with Crippen LogP contribution in [-0.4, -0.2) is 23.9 Å². The van der Waals surface area contributed by atoms with Crippen molar-refractivity contribution < 1.29 is 9.72 Å². The standard InChI is InChI=1S/C20H22BrN3O3/c1-13-7-9-23(10-8-13)18-6-4-15(12-19(18)24(26)27)20(25)22-17-5-3-14(2)11-16(17)21/h3-6,11-13H,7-10H2,1-2H3,(H,22,25). The molecule has 0 saturated carbocycles. The zero-order valence-electron chi connectivity index (χ0n) is 15.4. The Hall–Kier alpha value is -2.41. The molecule has 1 heterocycles. The number of carbonyl (C=O) groups excluding carboxylic acids is 1. The molecule has 0 aliphatic carbocycles. The lowest BCUT2D eigenvalue weighted by Crippen LogP contribution is -2.33. The number of halogens is 1. The first-order valence-corrected chi connectivity index (χ1v) is 9.75. The molecule has 2 aromatic rings. The Morgan fingerprint density at radius 2 is 1.93 bits per heavy atom. The van der Waals surface area contributed by atoms with Crippen molar-refractivity contribution in [3.05, 3.63) is 62.1 Å². The SMILES string of the molecule is Cc1ccc(NC(=O)c2ccc(N3CCC(C)CC3)c([N+](=O)[O-])c2)c(Br)c1. The van der Waals surface area contributed by atoms with Gasteiger partial charge in [-0.3, -0.25) is 14.9 Å². The summed E-state index contributed by atoms with van der Waals surface area (Å²) < 4.78 is 0.768. The summed E-state index contributed by atoms with van der Waals surface area (Å²) in [6.45, 7) is 5.75. The Morgan fingerprint density at radius 1 is 1.22 bits per heavy atom. The smallest absolute Gasteiger partial charge is 0.293 e. The average molecular weight is 432 g/mol. The average Bonchev–Trinajstić information content (AvgIpc) is 2.64. The summed E-state index contributed by atoms with van der Waals surface area (Å²) in [6, 6.07) is 10.3. The van der Waals surface area contributed by atoms with Crippen molar-refractivity contribution in [1.82, 2.24) is 0 Å². The third-order valence-corrected chi connectivity index (χ3v) is 5.59. The summed E-state index contributed by atoms with van der Waals surface area (Å²) in [4.78, 5) is 25.8. The first-order chi connectivity index (χ1) is 12.8. The van der Waals surface area contributed by atoms with E-state index in [1.165, 1.54) is 6.07 Å². The molecule has 6 nitrogen and oxygen atoms in total. The highest BCUT2D eigenvalue weighted by atomic mass is 79.9. The van der Waals surface area contributed by atoms with Gasteiger partial charge in [0.05, 0.1) is 10.6 Å². The Balaban J connectivity index is 1.85. The Kier molecular flexibility index (Phi) is 5.79. The molecule has 0 atom stereocenters. The molecule has 7 heteroatoms. The van der Waals surface area contributed by atoms with E-state index in [4.69, 9.17) is 0 Å². The molecule has 2 aromatic carbocycles. The van der Waals surface area contributed by atoms with Crippen LogP contribution >= 0.6 is 15.9 Å². The van der Waals surface area contributed by atoms with Gasteiger partial charge in [0.15, 0.2) is 0 Å². The number of carbonyl (C=O) groups is 1. The molecule has 142 valence electrons. The van der Waals surface area contributed by atoms with Gasteiger partial charge in [0.2, 0.25) is 0 Å². The summed E-state index contributed by atoms with van der Waals surface area (Å²) in [5.41, 5.74) is 2.52. The van der Waals surface area contributed by atoms with Crippen LogP contribution in [0.15, 0.2) is 40.9 Å². The van der Waals surface area contributed by atoms with E-state index >= 15 is 0 Å². The number of rotatable bonds is 4. The first-order valence-electron chi connectivity index (χ1n) is 8.96. The zero-order valence-corrected chi connectivity index (χ0v) is 17.0. The van der Waals surface area contributed by atoms with Crippen molar-refractivity contribution in [3.8, 4) is 0 Å². The molecule has 0 radical (unpaired) electrons. The maximum absolute atomic E-state index is 12.6. The van der Waals surface area contributed by atoms with Gasteiger partial charge < -0.3 is 10.2 Å². The molecular formula is C20H22BrN3O3. The minimum absolute atomic E-state index is 0.0276. The molecule has 1 amide bonds. The first kappa shape index (κ1) is 19.4. The Bertz CT molecular complexity index is 877. The molecule has 1 saturated heterocycles. The predicted molar refractivity (Wildman–Crippen MR) is 111 cm³/mol. The third kappa shape index (κ3) is 4.47. The molecule has 1 aliphatic heterocycles. The van der Waals surface area contributed by atoms with Gasteiger partial charge in [0, 0.05) is 29.2 Å². The fourth-order valence-corrected chi connectivity index (χ4v) is 3.84. The van der Waals surface area contributed by atoms with Gasteiger partial charge in [-0.15, -0.1) is 0 Å². The van der Waals surface area contributed by atoms with Gasteiger partial charge in [0.1, 0.15) is 5.69 Å². The molecule has 27 heavy (non-hydrogen) atoms. The molecule has 3 rings (SSSR count). The quantitative estimate of drug-likeness (QED) is 0.535. The summed E-state index contributed by atoms with van der Waals surface area (Å²) in [6.07, 6.45) is 2.03. The minimum Gasteiger partial charge on any atom is -0.366 e. The van der Waals surface area contributed by atoms with E-state index in [1.54, 1.807) is 18.2 Å². The molecule has 1 fully saturated rings. The second-order valence-electron chi connectivity index (χ2n) is 7.07. The largest absolute Gasteiger partial charge is 0.366 e. The monoisotopic (exact) mass is 431 g/mol. The highest BCUT2D eigenvalue weighted by Crippen LogP contribution is 2.33. The van der Waals surface area contributed by atoms with E-state index in [0.29, 0.717) is 17.3 Å². The van der Waals surface area contributed by atoms with E-state index < -0.39 is 4.92 Å². The number of benzene rings is 2. The summed E-state index contributed by atoms with van der Waals surface area (Å²) >= 11 is 3.42. The number of aryl methyl sites for hydroxylation is 1. The van der Waals surface area contributed by atoms with Crippen molar-refractivity contribution in [2.45, 2.75) is 26.7 Å². The second kappa shape index (κ2) is 8.08. The molecular weight excluding hydrogens is 410 g/mol. The lowest BCUT2D eigenvalue weighted by atomic mass is 9.98. The van der Waals surface area contributed by atoms with Crippen LogP contribution in [0.25, 0.3) is 0 Å². The van der Waals surface area contributed by atoms with Crippen molar-refractivity contribution in [1.29, 1.82) is 0 Å². The van der Waals surface area contributed by atoms with Crippen LogP contribution in [0, 0.1) is 23.0 Å². The molecule has 0 aromatic heterocycles. The van der Waals surface area contributed by atoms with Crippen LogP contribution in [0.5, 0.6) is 0 Å². The van der Waals surface area contributed by atoms with Crippen molar-refractivity contribution >= 4 is 38.9 Å². The third-order valence-electron chi connectivity index (χ3n) is 4.93. The van der Waals surface area contributed by atoms with E-state index in [0.717, 1.165) is 36.0 Å². The van der Waals surface area contributed by atoms with Crippen LogP contribution in [0.1, 0.15) is 35.7 Å². The summed E-state index contributed by atoms with van der Waals surface area (Å²) in [7, 11) is 0. The van der Waals surface area contributed by atoms with Crippen molar-refractivity contribution in [2.75, 3.05) is 23.3 Å². The molecule has 0 spiro atoms. The van der Waals surface area contributed by atoms with E-state index in [1.807, 2.05) is 24.0 Å². The topological polar surface area (TPSA) is 75.5 Å². The van der Waals surface area contributed by atoms with Crippen LogP contribution in [0.4, 0.5) is 17.1 Å². The van der Waals surface area contributed by atoms with Gasteiger partial charge >= 0.3 is 0 Å². The number of nitrogens with zero attached hydrogens (tertiary/aromatic N) is 2. The number of amides is 1. The fraction of sp³-hybridized carbons (Fsp3) is 0.350. The van der Waals surface area contributed by atoms with Crippen molar-refractivity contribution in [3.63, 3.8) is 0 Å². The second-order valence-corrected chi connectivity index (χ2v) is 7.92. The number of nitrogens with one attached hydrogen (secondary N) is 1. The summed E-state index contributed by atoms with van der Waals surface area (Å²) in [5, 5.41) is 14.4. The van der Waals surface area contributed by atoms with Gasteiger partial charge in [-0.05, 0) is 71.4 Å². The maximum atomic E-state index is 12.6. The molecule has 0 unspecified atom stereocenters. The van der Waals surface area contributed by atoms with Crippen LogP contribution in [0.2, 0.25) is 0 Å². The Morgan fingerprint density at radius 3 is 2.56 bits per heavy atom. The number of anilines is 2. The predicted octanol–water partition coefficient (Wildman–Crippen LogP) is 5.15. The van der Waals surface area contributed by atoms with Gasteiger partial charge in [-0.1, -0.05) is 13.0 Å². The van der Waals surface area contributed by atoms with Gasteiger partial charge in [-0.25, -0.2) is 0 Å². The van der Waals surface area contributed by atoms with Gasteiger partial charge in [0.25, 0.3) is 11.6 Å². The maximum Gasteiger partial charge on any atom is 0.293 e. The van der Waals surface area contributed by atoms with Crippen LogP contribution < -0.4 is 10.2 Å². The van der Waals surface area contributed by atoms with E-state index in [-0.39, 0.29) is 17.2 Å². The fourth-order valence-electron chi connectivity index (χ4n) is 3.24. The number of piperidine rings is 1. The van der Waals surface area contributed by atoms with Crippen molar-refractivity contribution in [2.24, 2.45) is 5.92 Å². The van der Waals surface area contributed by atoms with Crippen LogP contribution in [0.3, 0.4) is 0 Å². The highest BCUT2D eigenvalue weighted by Gasteiger charge is 2.25. The Labute approximate surface area is 166 Å². The zero-order chi connectivity index (χ0) is 19.6. The number of nitro groups is 1. The number of nitro benzene ring substituents is 1. The van der Waals surface area contributed by atoms with Crippen LogP contribution in [-0.2, 0) is 0 Å². The molecule has 1 aliphatic rings. The lowest BCUT2D eigenvalue weighted by Gasteiger charge is -2.31. The number of hydrogen-bond donors (Lipinski definition) is 1. The highest BCUT2D eigenvalue weighted by molar-refractivity contribution is 9.10. The lowest BCUT2D eigenvalue weighted by molar-refractivity contribution is -0.384. The number of hydrogen-bond acceptors (Lipinski definition) is 4. The minimum atomic E-state index is -0.411. The van der Waals surface area contributed by atoms with E-state index in [2.05, 4.69) is 28.2 Å². The van der Waals surface area contributed by atoms with E-state index in [9.17, 15) is 14.9 Å². The molecule has 1 N–H and O–H groups in total. The normalized spacial score (nSPS) is 14.9. The molecule has 0 bridgehead atoms. The van der Waals surface area contributed by atoms with Gasteiger partial charge in [-0.2, -0.15) is 0 Å². The summed E-state index contributed by atoms with van der Waals surface area (Å²) in [5.74, 6) is 0.264.